The van der Waals surface area contributed by atoms with E-state index < -0.39 is 5.97 Å². The zero-order valence-corrected chi connectivity index (χ0v) is 19.4. The molecule has 0 fully saturated rings. The van der Waals surface area contributed by atoms with Crippen molar-refractivity contribution in [1.29, 1.82) is 0 Å². The molecule has 184 valence electrons. The molecular formula is C24H26FN5O5. The molecule has 1 aromatic carbocycles. The average molecular weight is 484 g/mol. The summed E-state index contributed by atoms with van der Waals surface area (Å²) in [5.74, 6) is -0.974. The van der Waals surface area contributed by atoms with Crippen LogP contribution in [0.5, 0.6) is 5.75 Å². The molecule has 3 heterocycles. The maximum absolute atomic E-state index is 13.9. The van der Waals surface area contributed by atoms with Crippen LogP contribution in [0.15, 0.2) is 47.8 Å². The van der Waals surface area contributed by atoms with Gasteiger partial charge in [0.25, 0.3) is 5.56 Å². The highest BCUT2D eigenvalue weighted by Gasteiger charge is 2.27. The van der Waals surface area contributed by atoms with E-state index in [-0.39, 0.29) is 61.0 Å². The smallest absolute Gasteiger partial charge is 0.343 e. The van der Waals surface area contributed by atoms with E-state index >= 15 is 0 Å². The molecule has 11 heteroatoms. The summed E-state index contributed by atoms with van der Waals surface area (Å²) < 4.78 is 27.7. The summed E-state index contributed by atoms with van der Waals surface area (Å²) >= 11 is 0. The number of ether oxygens (including phenoxy) is 2. The highest BCUT2D eigenvalue weighted by molar-refractivity contribution is 5.93. The fourth-order valence-corrected chi connectivity index (χ4v) is 4.12. The number of pyridine rings is 1. The van der Waals surface area contributed by atoms with E-state index in [9.17, 15) is 18.8 Å². The second kappa shape index (κ2) is 10.9. The molecule has 2 aromatic heterocycles. The largest absolute Gasteiger partial charge is 0.492 e. The molecule has 0 N–H and O–H groups in total. The Morgan fingerprint density at radius 3 is 2.74 bits per heavy atom. The minimum absolute atomic E-state index is 0.0702. The first-order valence-corrected chi connectivity index (χ1v) is 11.3. The molecule has 10 nitrogen and oxygen atoms in total. The summed E-state index contributed by atoms with van der Waals surface area (Å²) in [5.41, 5.74) is 0.735. The summed E-state index contributed by atoms with van der Waals surface area (Å²) in [5, 5.41) is 4.00. The van der Waals surface area contributed by atoms with Gasteiger partial charge in [-0.2, -0.15) is 5.10 Å². The number of aromatic nitrogens is 4. The van der Waals surface area contributed by atoms with E-state index in [4.69, 9.17) is 9.47 Å². The molecule has 0 radical (unpaired) electrons. The number of rotatable bonds is 8. The van der Waals surface area contributed by atoms with E-state index in [0.717, 1.165) is 0 Å². The number of esters is 1. The number of aryl methyl sites for hydroxylation is 1. The Hall–Kier alpha value is -4.02. The van der Waals surface area contributed by atoms with Crippen LogP contribution in [-0.2, 0) is 35.5 Å². The zero-order chi connectivity index (χ0) is 24.8. The molecule has 0 saturated carbocycles. The van der Waals surface area contributed by atoms with Crippen molar-refractivity contribution in [2.45, 2.75) is 32.4 Å². The van der Waals surface area contributed by atoms with E-state index in [1.54, 1.807) is 34.1 Å². The fraction of sp³-hybridized carbons (Fsp3) is 0.375. The van der Waals surface area contributed by atoms with Crippen LogP contribution in [0.25, 0.3) is 0 Å². The van der Waals surface area contributed by atoms with Crippen molar-refractivity contribution >= 4 is 11.9 Å². The van der Waals surface area contributed by atoms with Crippen LogP contribution in [0.4, 0.5) is 4.39 Å². The summed E-state index contributed by atoms with van der Waals surface area (Å²) in [4.78, 5) is 43.9. The van der Waals surface area contributed by atoms with Gasteiger partial charge in [0.15, 0.2) is 0 Å². The normalized spacial score (nSPS) is 13.1. The van der Waals surface area contributed by atoms with Crippen molar-refractivity contribution in [1.82, 2.24) is 24.2 Å². The fourth-order valence-electron chi connectivity index (χ4n) is 4.12. The van der Waals surface area contributed by atoms with Gasteiger partial charge in [0.05, 0.1) is 20.3 Å². The Kier molecular flexibility index (Phi) is 7.54. The Balaban J connectivity index is 1.51. The quantitative estimate of drug-likeness (QED) is 0.447. The first kappa shape index (κ1) is 24.1. The van der Waals surface area contributed by atoms with Gasteiger partial charge in [0, 0.05) is 50.7 Å². The Labute approximate surface area is 200 Å². The first-order chi connectivity index (χ1) is 17.0. The van der Waals surface area contributed by atoms with Gasteiger partial charge < -0.3 is 18.9 Å². The number of carbonyl (C=O) groups excluding carboxylic acids is 2. The topological polar surface area (TPSA) is 109 Å². The van der Waals surface area contributed by atoms with Crippen molar-refractivity contribution in [3.63, 3.8) is 0 Å². The van der Waals surface area contributed by atoms with Crippen molar-refractivity contribution in [2.75, 3.05) is 26.8 Å². The Bertz CT molecular complexity index is 1260. The van der Waals surface area contributed by atoms with E-state index in [0.29, 0.717) is 30.9 Å². The maximum Gasteiger partial charge on any atom is 0.343 e. The molecule has 0 atom stereocenters. The van der Waals surface area contributed by atoms with Gasteiger partial charge in [-0.05, 0) is 11.6 Å². The third kappa shape index (κ3) is 5.56. The second-order valence-electron chi connectivity index (χ2n) is 8.04. The standard InChI is InChI=1S/C24H26FN5O5/c1-34-24(33)23-19-6-9-28(21(31)7-10-29-16-26-15-27-29)11-12-30(19)22(32)14-20(23)35-13-8-17-4-2-3-5-18(17)25/h2-5,14-16H,6-13H2,1H3. The van der Waals surface area contributed by atoms with E-state index in [2.05, 4.69) is 10.1 Å². The third-order valence-electron chi connectivity index (χ3n) is 5.94. The molecule has 35 heavy (non-hydrogen) atoms. The minimum atomic E-state index is -0.638. The average Bonchev–Trinajstić information content (AvgIpc) is 3.28. The van der Waals surface area contributed by atoms with Crippen molar-refractivity contribution < 1.29 is 23.5 Å². The minimum Gasteiger partial charge on any atom is -0.492 e. The number of hydrogen-bond donors (Lipinski definition) is 0. The van der Waals surface area contributed by atoms with Crippen LogP contribution in [0, 0.1) is 5.82 Å². The zero-order valence-electron chi connectivity index (χ0n) is 19.4. The number of amides is 1. The number of carbonyl (C=O) groups is 2. The molecule has 3 aromatic rings. The summed E-state index contributed by atoms with van der Waals surface area (Å²) in [6.45, 7) is 1.37. The van der Waals surface area contributed by atoms with Gasteiger partial charge in [-0.1, -0.05) is 18.2 Å². The van der Waals surface area contributed by atoms with Gasteiger partial charge in [-0.25, -0.2) is 14.2 Å². The van der Waals surface area contributed by atoms with Crippen LogP contribution in [-0.4, -0.2) is 62.9 Å². The van der Waals surface area contributed by atoms with Crippen LogP contribution in [0.2, 0.25) is 0 Å². The molecular weight excluding hydrogens is 457 g/mol. The van der Waals surface area contributed by atoms with Gasteiger partial charge in [0.2, 0.25) is 5.91 Å². The molecule has 1 aliphatic rings. The monoisotopic (exact) mass is 483 g/mol. The predicted octanol–water partition coefficient (Wildman–Crippen LogP) is 1.46. The van der Waals surface area contributed by atoms with Gasteiger partial charge in [-0.3, -0.25) is 14.3 Å². The summed E-state index contributed by atoms with van der Waals surface area (Å²) in [6.07, 6.45) is 3.73. The molecule has 0 saturated heterocycles. The molecule has 1 amide bonds. The number of fused-ring (bicyclic) bond motifs is 1. The molecule has 0 unspecified atom stereocenters. The lowest BCUT2D eigenvalue weighted by Gasteiger charge is -2.19. The maximum atomic E-state index is 13.9. The molecule has 4 rings (SSSR count). The van der Waals surface area contributed by atoms with Crippen molar-refractivity contribution in [2.24, 2.45) is 0 Å². The van der Waals surface area contributed by atoms with Crippen LogP contribution in [0.1, 0.15) is 28.0 Å². The number of hydrogen-bond acceptors (Lipinski definition) is 7. The highest BCUT2D eigenvalue weighted by atomic mass is 19.1. The lowest BCUT2D eigenvalue weighted by atomic mass is 10.1. The molecule has 0 bridgehead atoms. The lowest BCUT2D eigenvalue weighted by molar-refractivity contribution is -0.131. The number of nitrogens with zero attached hydrogens (tertiary/aromatic N) is 5. The summed E-state index contributed by atoms with van der Waals surface area (Å²) in [6, 6.07) is 7.60. The molecule has 0 spiro atoms. The number of methoxy groups -OCH3 is 1. The van der Waals surface area contributed by atoms with Crippen molar-refractivity contribution in [3.05, 3.63) is 76.0 Å². The summed E-state index contributed by atoms with van der Waals surface area (Å²) in [7, 11) is 1.25. The first-order valence-electron chi connectivity index (χ1n) is 11.3. The predicted molar refractivity (Wildman–Crippen MR) is 123 cm³/mol. The SMILES string of the molecule is COC(=O)c1c(OCCc2ccccc2F)cc(=O)n2c1CCN(C(=O)CCn1cncn1)CC2. The Morgan fingerprint density at radius 2 is 2.00 bits per heavy atom. The van der Waals surface area contributed by atoms with Gasteiger partial charge in [-0.15, -0.1) is 0 Å². The van der Waals surface area contributed by atoms with Crippen LogP contribution in [0.3, 0.4) is 0 Å². The van der Waals surface area contributed by atoms with Crippen LogP contribution < -0.4 is 10.3 Å². The third-order valence-corrected chi connectivity index (χ3v) is 5.94. The van der Waals surface area contributed by atoms with E-state index in [1.807, 2.05) is 0 Å². The van der Waals surface area contributed by atoms with Crippen LogP contribution >= 0.6 is 0 Å². The van der Waals surface area contributed by atoms with Gasteiger partial charge >= 0.3 is 5.97 Å². The second-order valence-corrected chi connectivity index (χ2v) is 8.04. The number of benzene rings is 1. The number of halogens is 1. The molecule has 0 aliphatic carbocycles. The van der Waals surface area contributed by atoms with Gasteiger partial charge in [0.1, 0.15) is 29.8 Å². The van der Waals surface area contributed by atoms with Crippen molar-refractivity contribution in [3.8, 4) is 5.75 Å². The lowest BCUT2D eigenvalue weighted by Crippen LogP contribution is -2.34. The highest BCUT2D eigenvalue weighted by Crippen LogP contribution is 2.24. The molecule has 1 aliphatic heterocycles. The van der Waals surface area contributed by atoms with E-state index in [1.165, 1.54) is 30.1 Å². The Morgan fingerprint density at radius 1 is 1.17 bits per heavy atom.